The number of likely N-dealkylation sites (tertiary alicyclic amines) is 1. The van der Waals surface area contributed by atoms with Gasteiger partial charge in [-0.25, -0.2) is 0 Å². The molecule has 2 aromatic rings. The average Bonchev–Trinajstić information content (AvgIpc) is 2.80. The van der Waals surface area contributed by atoms with Gasteiger partial charge in [-0.15, -0.1) is 0 Å². The Hall–Kier alpha value is -2.01. The van der Waals surface area contributed by atoms with E-state index in [-0.39, 0.29) is 0 Å². The second-order valence-corrected chi connectivity index (χ2v) is 9.08. The van der Waals surface area contributed by atoms with Crippen LogP contribution in [0.25, 0.3) is 0 Å². The SMILES string of the molecule is CCOc1ccc(Cl)c(CC2CCN(CC3=CCN(Cc4ccccc4)CN3)CC2)c1. The number of rotatable bonds is 8. The minimum atomic E-state index is 0.688. The Morgan fingerprint density at radius 2 is 1.84 bits per heavy atom. The summed E-state index contributed by atoms with van der Waals surface area (Å²) in [6.07, 6.45) is 5.85. The van der Waals surface area contributed by atoms with Crippen LogP contribution in [0.15, 0.2) is 60.3 Å². The first-order chi connectivity index (χ1) is 15.2. The number of piperidine rings is 1. The Bertz CT molecular complexity index is 862. The first-order valence-corrected chi connectivity index (χ1v) is 11.9. The number of halogens is 1. The molecule has 2 aromatic carbocycles. The molecule has 0 amide bonds. The first-order valence-electron chi connectivity index (χ1n) is 11.5. The van der Waals surface area contributed by atoms with E-state index in [4.69, 9.17) is 16.3 Å². The highest BCUT2D eigenvalue weighted by atomic mass is 35.5. The molecule has 2 aliphatic rings. The quantitative estimate of drug-likeness (QED) is 0.630. The lowest BCUT2D eigenvalue weighted by atomic mass is 9.90. The summed E-state index contributed by atoms with van der Waals surface area (Å²) in [5.74, 6) is 1.62. The Labute approximate surface area is 191 Å². The standard InChI is InChI=1S/C26H34ClN3O/c1-2-31-25-8-9-26(27)23(17-25)16-21-10-13-29(14-11-21)19-24-12-15-30(20-28-24)18-22-6-4-3-5-7-22/h3-9,12,17,21,28H,2,10-11,13-16,18-20H2,1H3. The molecule has 1 fully saturated rings. The van der Waals surface area contributed by atoms with Gasteiger partial charge in [0.1, 0.15) is 5.75 Å². The minimum absolute atomic E-state index is 0.688. The highest BCUT2D eigenvalue weighted by Crippen LogP contribution is 2.28. The molecule has 2 aliphatic heterocycles. The third kappa shape index (κ3) is 6.49. The van der Waals surface area contributed by atoms with E-state index in [1.807, 2.05) is 19.1 Å². The molecular weight excluding hydrogens is 406 g/mol. The van der Waals surface area contributed by atoms with Crippen LogP contribution in [0.4, 0.5) is 0 Å². The molecule has 5 heteroatoms. The Morgan fingerprint density at radius 3 is 2.55 bits per heavy atom. The van der Waals surface area contributed by atoms with Crippen molar-refractivity contribution in [2.45, 2.75) is 32.7 Å². The molecule has 0 aromatic heterocycles. The molecule has 0 unspecified atom stereocenters. The summed E-state index contributed by atoms with van der Waals surface area (Å²) in [5, 5.41) is 4.49. The normalized spacial score (nSPS) is 18.5. The summed E-state index contributed by atoms with van der Waals surface area (Å²) in [4.78, 5) is 5.02. The molecule has 4 rings (SSSR count). The van der Waals surface area contributed by atoms with Gasteiger partial charge >= 0.3 is 0 Å². The van der Waals surface area contributed by atoms with Gasteiger partial charge in [0.05, 0.1) is 13.3 Å². The first kappa shape index (κ1) is 22.2. The van der Waals surface area contributed by atoms with Crippen LogP contribution in [-0.4, -0.2) is 49.3 Å². The molecule has 0 atom stereocenters. The number of nitrogens with one attached hydrogen (secondary N) is 1. The van der Waals surface area contributed by atoms with E-state index in [0.717, 1.165) is 56.6 Å². The molecule has 0 aliphatic carbocycles. The van der Waals surface area contributed by atoms with Gasteiger partial charge in [-0.2, -0.15) is 0 Å². The fourth-order valence-corrected chi connectivity index (χ4v) is 4.73. The van der Waals surface area contributed by atoms with Crippen LogP contribution in [-0.2, 0) is 13.0 Å². The molecule has 4 nitrogen and oxygen atoms in total. The summed E-state index contributed by atoms with van der Waals surface area (Å²) in [5.41, 5.74) is 3.96. The number of ether oxygens (including phenoxy) is 1. The second-order valence-electron chi connectivity index (χ2n) is 8.67. The molecule has 31 heavy (non-hydrogen) atoms. The van der Waals surface area contributed by atoms with Crippen LogP contribution in [0, 0.1) is 5.92 Å². The van der Waals surface area contributed by atoms with Gasteiger partial charge < -0.3 is 10.1 Å². The molecule has 1 saturated heterocycles. The lowest BCUT2D eigenvalue weighted by Gasteiger charge is -2.35. The third-order valence-electron chi connectivity index (χ3n) is 6.31. The largest absolute Gasteiger partial charge is 0.494 e. The van der Waals surface area contributed by atoms with Gasteiger partial charge in [0, 0.05) is 30.4 Å². The highest BCUT2D eigenvalue weighted by molar-refractivity contribution is 6.31. The topological polar surface area (TPSA) is 27.7 Å². The zero-order chi connectivity index (χ0) is 21.5. The monoisotopic (exact) mass is 439 g/mol. The number of hydrogen-bond donors (Lipinski definition) is 1. The molecular formula is C26H34ClN3O. The Kier molecular flexibility index (Phi) is 7.90. The average molecular weight is 440 g/mol. The van der Waals surface area contributed by atoms with E-state index in [1.165, 1.54) is 29.7 Å². The van der Waals surface area contributed by atoms with Crippen molar-refractivity contribution in [1.82, 2.24) is 15.1 Å². The van der Waals surface area contributed by atoms with Gasteiger partial charge in [-0.1, -0.05) is 48.0 Å². The van der Waals surface area contributed by atoms with E-state index in [2.05, 4.69) is 57.6 Å². The van der Waals surface area contributed by atoms with Gasteiger partial charge in [-0.3, -0.25) is 9.80 Å². The number of benzene rings is 2. The van der Waals surface area contributed by atoms with E-state index in [0.29, 0.717) is 12.5 Å². The number of hydrogen-bond acceptors (Lipinski definition) is 4. The maximum atomic E-state index is 6.45. The molecule has 0 bridgehead atoms. The molecule has 1 N–H and O–H groups in total. The van der Waals surface area contributed by atoms with Crippen LogP contribution < -0.4 is 10.1 Å². The number of nitrogens with zero attached hydrogens (tertiary/aromatic N) is 2. The van der Waals surface area contributed by atoms with Crippen molar-refractivity contribution in [2.24, 2.45) is 5.92 Å². The molecule has 166 valence electrons. The van der Waals surface area contributed by atoms with E-state index < -0.39 is 0 Å². The minimum Gasteiger partial charge on any atom is -0.494 e. The maximum absolute atomic E-state index is 6.45. The van der Waals surface area contributed by atoms with Gasteiger partial charge in [0.25, 0.3) is 0 Å². The molecule has 0 spiro atoms. The summed E-state index contributed by atoms with van der Waals surface area (Å²) in [6, 6.07) is 16.8. The fraction of sp³-hybridized carbons (Fsp3) is 0.462. The summed E-state index contributed by atoms with van der Waals surface area (Å²) >= 11 is 6.45. The van der Waals surface area contributed by atoms with Crippen LogP contribution in [0.2, 0.25) is 5.02 Å². The third-order valence-corrected chi connectivity index (χ3v) is 6.68. The molecule has 2 heterocycles. The summed E-state index contributed by atoms with van der Waals surface area (Å²) in [6.45, 7) is 8.98. The zero-order valence-corrected chi connectivity index (χ0v) is 19.3. The Balaban J connectivity index is 1.21. The predicted octanol–water partition coefficient (Wildman–Crippen LogP) is 4.94. The van der Waals surface area contributed by atoms with Crippen molar-refractivity contribution in [2.75, 3.05) is 39.5 Å². The van der Waals surface area contributed by atoms with Crippen LogP contribution in [0.3, 0.4) is 0 Å². The lowest BCUT2D eigenvalue weighted by Crippen LogP contribution is -2.43. The maximum Gasteiger partial charge on any atom is 0.119 e. The van der Waals surface area contributed by atoms with Crippen molar-refractivity contribution in [3.63, 3.8) is 0 Å². The van der Waals surface area contributed by atoms with Gasteiger partial charge in [-0.05, 0) is 74.5 Å². The summed E-state index contributed by atoms with van der Waals surface area (Å²) < 4.78 is 5.65. The summed E-state index contributed by atoms with van der Waals surface area (Å²) in [7, 11) is 0. The van der Waals surface area contributed by atoms with Crippen LogP contribution in [0.5, 0.6) is 5.75 Å². The van der Waals surface area contributed by atoms with Crippen LogP contribution >= 0.6 is 11.6 Å². The van der Waals surface area contributed by atoms with E-state index in [9.17, 15) is 0 Å². The van der Waals surface area contributed by atoms with Gasteiger partial charge in [0.2, 0.25) is 0 Å². The molecule has 0 saturated carbocycles. The Morgan fingerprint density at radius 1 is 1.03 bits per heavy atom. The van der Waals surface area contributed by atoms with E-state index >= 15 is 0 Å². The zero-order valence-electron chi connectivity index (χ0n) is 18.5. The molecule has 0 radical (unpaired) electrons. The van der Waals surface area contributed by atoms with Gasteiger partial charge in [0.15, 0.2) is 0 Å². The van der Waals surface area contributed by atoms with Crippen molar-refractivity contribution < 1.29 is 4.74 Å². The van der Waals surface area contributed by atoms with Crippen molar-refractivity contribution in [3.05, 3.63) is 76.5 Å². The van der Waals surface area contributed by atoms with Crippen molar-refractivity contribution in [1.29, 1.82) is 0 Å². The predicted molar refractivity (Wildman–Crippen MR) is 128 cm³/mol. The smallest absolute Gasteiger partial charge is 0.119 e. The fourth-order valence-electron chi connectivity index (χ4n) is 4.54. The lowest BCUT2D eigenvalue weighted by molar-refractivity contribution is 0.187. The van der Waals surface area contributed by atoms with Crippen molar-refractivity contribution >= 4 is 11.6 Å². The van der Waals surface area contributed by atoms with E-state index in [1.54, 1.807) is 0 Å². The highest BCUT2D eigenvalue weighted by Gasteiger charge is 2.22. The second kappa shape index (κ2) is 11.0. The van der Waals surface area contributed by atoms with Crippen LogP contribution in [0.1, 0.15) is 30.9 Å². The van der Waals surface area contributed by atoms with Crippen molar-refractivity contribution in [3.8, 4) is 5.75 Å².